The van der Waals surface area contributed by atoms with Gasteiger partial charge in [-0.05, 0) is 31.6 Å². The Morgan fingerprint density at radius 3 is 1.71 bits per heavy atom. The van der Waals surface area contributed by atoms with Crippen LogP contribution in [0.4, 0.5) is 17.6 Å². The van der Waals surface area contributed by atoms with Gasteiger partial charge in [-0.3, -0.25) is 0 Å². The van der Waals surface area contributed by atoms with E-state index in [9.17, 15) is 17.6 Å². The van der Waals surface area contributed by atoms with Gasteiger partial charge < -0.3 is 0 Å². The van der Waals surface area contributed by atoms with E-state index < -0.39 is 29.6 Å². The molecule has 14 heavy (non-hydrogen) atoms. The van der Waals surface area contributed by atoms with Crippen LogP contribution in [0.15, 0.2) is 0 Å². The molecule has 0 radical (unpaired) electrons. The summed E-state index contributed by atoms with van der Waals surface area (Å²) in [7, 11) is 0. The van der Waals surface area contributed by atoms with Crippen molar-refractivity contribution < 1.29 is 17.6 Å². The monoisotopic (exact) mass is 208 g/mol. The Balaban J connectivity index is 2.04. The number of alkyl halides is 4. The molecule has 0 aliphatic heterocycles. The first kappa shape index (κ1) is 8.98. The Hall–Kier alpha value is -0.280. The van der Waals surface area contributed by atoms with E-state index in [0.29, 0.717) is 12.8 Å². The van der Waals surface area contributed by atoms with Gasteiger partial charge in [0.25, 0.3) is 11.8 Å². The maximum absolute atomic E-state index is 13.5. The molecule has 4 rings (SSSR count). The highest BCUT2D eigenvalue weighted by Gasteiger charge is 2.70. The lowest BCUT2D eigenvalue weighted by Crippen LogP contribution is -2.62. The molecule has 4 saturated carbocycles. The molecule has 2 atom stereocenters. The first-order valence-electron chi connectivity index (χ1n) is 5.18. The molecule has 2 unspecified atom stereocenters. The molecule has 4 aliphatic carbocycles. The quantitative estimate of drug-likeness (QED) is 0.536. The van der Waals surface area contributed by atoms with Gasteiger partial charge in [-0.2, -0.15) is 0 Å². The van der Waals surface area contributed by atoms with Gasteiger partial charge in [-0.1, -0.05) is 0 Å². The molecule has 0 N–H and O–H groups in total. The second-order valence-corrected chi connectivity index (χ2v) is 5.10. The Bertz CT molecular complexity index is 249. The van der Waals surface area contributed by atoms with Crippen molar-refractivity contribution in [3.05, 3.63) is 0 Å². The lowest BCUT2D eigenvalue weighted by Gasteiger charge is -2.57. The van der Waals surface area contributed by atoms with E-state index in [4.69, 9.17) is 0 Å². The Kier molecular flexibility index (Phi) is 1.46. The fourth-order valence-electron chi connectivity index (χ4n) is 3.73. The van der Waals surface area contributed by atoms with Gasteiger partial charge in [-0.15, -0.1) is 0 Å². The third-order valence-electron chi connectivity index (χ3n) is 4.39. The standard InChI is InChI=1S/C10H12F4/c11-9(12)6-1-5-2-7(4-6)10(13,14)8(9)3-5/h5-8H,1-4H2. The van der Waals surface area contributed by atoms with Crippen molar-refractivity contribution in [2.75, 3.05) is 0 Å². The molecule has 4 fully saturated rings. The van der Waals surface area contributed by atoms with Crippen LogP contribution in [0.3, 0.4) is 0 Å². The smallest absolute Gasteiger partial charge is 0.206 e. The summed E-state index contributed by atoms with van der Waals surface area (Å²) in [6.07, 6.45) is 1.01. The summed E-state index contributed by atoms with van der Waals surface area (Å²) in [4.78, 5) is 0. The molecule has 4 heteroatoms. The van der Waals surface area contributed by atoms with Crippen molar-refractivity contribution in [2.24, 2.45) is 23.7 Å². The Morgan fingerprint density at radius 1 is 0.714 bits per heavy atom. The fourth-order valence-corrected chi connectivity index (χ4v) is 3.73. The number of rotatable bonds is 0. The van der Waals surface area contributed by atoms with Crippen LogP contribution in [-0.2, 0) is 0 Å². The van der Waals surface area contributed by atoms with E-state index in [1.54, 1.807) is 0 Å². The van der Waals surface area contributed by atoms with Crippen LogP contribution in [-0.4, -0.2) is 11.8 Å². The van der Waals surface area contributed by atoms with Gasteiger partial charge in [0.2, 0.25) is 0 Å². The van der Waals surface area contributed by atoms with Gasteiger partial charge in [0.05, 0.1) is 5.92 Å². The molecule has 0 aromatic carbocycles. The molecule has 0 aromatic heterocycles. The maximum Gasteiger partial charge on any atom is 0.259 e. The molecule has 0 heterocycles. The number of halogens is 4. The summed E-state index contributed by atoms with van der Waals surface area (Å²) in [5, 5.41) is 0. The topological polar surface area (TPSA) is 0 Å². The largest absolute Gasteiger partial charge is 0.259 e. The van der Waals surface area contributed by atoms with Crippen molar-refractivity contribution in [2.45, 2.75) is 37.5 Å². The van der Waals surface area contributed by atoms with Gasteiger partial charge in [-0.25, -0.2) is 17.6 Å². The lowest BCUT2D eigenvalue weighted by molar-refractivity contribution is -0.302. The van der Waals surface area contributed by atoms with Crippen LogP contribution >= 0.6 is 0 Å². The van der Waals surface area contributed by atoms with Crippen molar-refractivity contribution >= 4 is 0 Å². The molecule has 0 saturated heterocycles. The highest BCUT2D eigenvalue weighted by atomic mass is 19.3. The van der Waals surface area contributed by atoms with E-state index in [1.807, 2.05) is 0 Å². The minimum Gasteiger partial charge on any atom is -0.206 e. The first-order valence-corrected chi connectivity index (χ1v) is 5.18. The van der Waals surface area contributed by atoms with Crippen molar-refractivity contribution in [1.82, 2.24) is 0 Å². The molecule has 80 valence electrons. The van der Waals surface area contributed by atoms with Crippen molar-refractivity contribution in [3.63, 3.8) is 0 Å². The maximum atomic E-state index is 13.5. The predicted molar refractivity (Wildman–Crippen MR) is 42.3 cm³/mol. The van der Waals surface area contributed by atoms with Crippen LogP contribution in [0.2, 0.25) is 0 Å². The minimum absolute atomic E-state index is 0.0347. The van der Waals surface area contributed by atoms with Crippen LogP contribution in [0.1, 0.15) is 25.7 Å². The van der Waals surface area contributed by atoms with Gasteiger partial charge in [0, 0.05) is 11.8 Å². The third kappa shape index (κ3) is 0.854. The zero-order valence-electron chi connectivity index (χ0n) is 7.65. The van der Waals surface area contributed by atoms with Crippen LogP contribution in [0.5, 0.6) is 0 Å². The van der Waals surface area contributed by atoms with Crippen molar-refractivity contribution in [3.8, 4) is 0 Å². The molecule has 4 bridgehead atoms. The summed E-state index contributed by atoms with van der Waals surface area (Å²) in [5.41, 5.74) is 0. The minimum atomic E-state index is -3.11. The highest BCUT2D eigenvalue weighted by molar-refractivity contribution is 5.10. The Morgan fingerprint density at radius 2 is 1.21 bits per heavy atom. The Labute approximate surface area is 79.7 Å². The summed E-state index contributed by atoms with van der Waals surface area (Å²) < 4.78 is 54.1. The van der Waals surface area contributed by atoms with Gasteiger partial charge >= 0.3 is 0 Å². The molecule has 4 aliphatic rings. The van der Waals surface area contributed by atoms with E-state index >= 15 is 0 Å². The SMILES string of the molecule is FC1(F)C2CC3CC(C2)C(F)(F)C1C3. The molecule has 0 nitrogen and oxygen atoms in total. The van der Waals surface area contributed by atoms with Crippen LogP contribution in [0.25, 0.3) is 0 Å². The number of hydrogen-bond acceptors (Lipinski definition) is 0. The normalized spacial score (nSPS) is 52.3. The second-order valence-electron chi connectivity index (χ2n) is 5.10. The zero-order valence-corrected chi connectivity index (χ0v) is 7.65. The van der Waals surface area contributed by atoms with E-state index in [2.05, 4.69) is 0 Å². The first-order chi connectivity index (χ1) is 6.42. The summed E-state index contributed by atoms with van der Waals surface area (Å²) >= 11 is 0. The van der Waals surface area contributed by atoms with Crippen LogP contribution in [0, 0.1) is 23.7 Å². The molecule has 0 aromatic rings. The predicted octanol–water partition coefficient (Wildman–Crippen LogP) is 3.32. The van der Waals surface area contributed by atoms with Gasteiger partial charge in [0.1, 0.15) is 0 Å². The zero-order chi connectivity index (χ0) is 10.1. The van der Waals surface area contributed by atoms with E-state index in [-0.39, 0.29) is 18.8 Å². The average Bonchev–Trinajstić information content (AvgIpc) is 2.09. The van der Waals surface area contributed by atoms with E-state index in [1.165, 1.54) is 0 Å². The van der Waals surface area contributed by atoms with E-state index in [0.717, 1.165) is 0 Å². The summed E-state index contributed by atoms with van der Waals surface area (Å²) in [5.74, 6) is -9.27. The lowest BCUT2D eigenvalue weighted by atomic mass is 9.52. The summed E-state index contributed by atoms with van der Waals surface area (Å²) in [6, 6.07) is 0. The second kappa shape index (κ2) is 2.27. The van der Waals surface area contributed by atoms with Gasteiger partial charge in [0.15, 0.2) is 0 Å². The average molecular weight is 208 g/mol. The summed E-state index contributed by atoms with van der Waals surface area (Å²) in [6.45, 7) is 0. The fraction of sp³-hybridized carbons (Fsp3) is 1.00. The van der Waals surface area contributed by atoms with Crippen LogP contribution < -0.4 is 0 Å². The van der Waals surface area contributed by atoms with Crippen molar-refractivity contribution in [1.29, 1.82) is 0 Å². The third-order valence-corrected chi connectivity index (χ3v) is 4.39. The molecular weight excluding hydrogens is 196 g/mol. The molecule has 0 spiro atoms. The molecular formula is C10H12F4. The molecule has 0 amide bonds. The highest BCUT2D eigenvalue weighted by Crippen LogP contribution is 2.65. The number of hydrogen-bond donors (Lipinski definition) is 0.